The first-order valence-electron chi connectivity index (χ1n) is 4.59. The maximum atomic E-state index is 11.3. The third-order valence-corrected chi connectivity index (χ3v) is 2.18. The molecule has 0 aliphatic carbocycles. The van der Waals surface area contributed by atoms with Gasteiger partial charge in [-0.15, -0.1) is 0 Å². The summed E-state index contributed by atoms with van der Waals surface area (Å²) < 4.78 is 4.50. The summed E-state index contributed by atoms with van der Waals surface area (Å²) in [5.74, 6) is -0.527. The number of aromatic hydroxyl groups is 1. The normalized spacial score (nSPS) is 11.3. The van der Waals surface area contributed by atoms with Crippen molar-refractivity contribution in [1.82, 2.24) is 0 Å². The number of methoxy groups -OCH3 is 1. The van der Waals surface area contributed by atoms with Crippen molar-refractivity contribution in [3.05, 3.63) is 35.4 Å². The van der Waals surface area contributed by atoms with Gasteiger partial charge in [0.25, 0.3) is 0 Å². The molecule has 0 aliphatic rings. The molecule has 16 heavy (non-hydrogen) atoms. The minimum atomic E-state index is -0.659. The number of hydrogen-bond donors (Lipinski definition) is 1. The van der Waals surface area contributed by atoms with E-state index in [1.54, 1.807) is 19.1 Å². The average Bonchev–Trinajstić information content (AvgIpc) is 2.30. The summed E-state index contributed by atoms with van der Waals surface area (Å²) in [7, 11) is 1.23. The highest BCUT2D eigenvalue weighted by molar-refractivity contribution is 6.01. The maximum Gasteiger partial charge on any atom is 0.348 e. The summed E-state index contributed by atoms with van der Waals surface area (Å²) in [5.41, 5.74) is 1.18. The predicted octanol–water partition coefficient (Wildman–Crippen LogP) is 1.86. The molecule has 0 heterocycles. The van der Waals surface area contributed by atoms with Crippen LogP contribution >= 0.6 is 0 Å². The molecule has 1 rings (SSSR count). The fourth-order valence-electron chi connectivity index (χ4n) is 1.24. The van der Waals surface area contributed by atoms with E-state index in [-0.39, 0.29) is 11.3 Å². The summed E-state index contributed by atoms with van der Waals surface area (Å²) in [6, 6.07) is 8.05. The van der Waals surface area contributed by atoms with Gasteiger partial charge in [0.05, 0.1) is 7.11 Å². The van der Waals surface area contributed by atoms with Crippen LogP contribution in [-0.2, 0) is 9.53 Å². The van der Waals surface area contributed by atoms with Crippen LogP contribution < -0.4 is 0 Å². The van der Waals surface area contributed by atoms with Crippen LogP contribution in [0.1, 0.15) is 12.5 Å². The molecule has 0 bridgehead atoms. The Morgan fingerprint density at radius 3 is 2.38 bits per heavy atom. The van der Waals surface area contributed by atoms with Crippen molar-refractivity contribution in [3.63, 3.8) is 0 Å². The summed E-state index contributed by atoms with van der Waals surface area (Å²) in [4.78, 5) is 11.3. The standard InChI is InChI=1S/C12H11NO3/c1-8(11(7-13)12(15)16-2)9-3-5-10(14)6-4-9/h3-6,14H,1-2H3/b11-8-. The van der Waals surface area contributed by atoms with Gasteiger partial charge >= 0.3 is 5.97 Å². The van der Waals surface area contributed by atoms with Gasteiger partial charge in [0, 0.05) is 0 Å². The lowest BCUT2D eigenvalue weighted by Crippen LogP contribution is -2.05. The molecule has 0 saturated carbocycles. The highest BCUT2D eigenvalue weighted by Gasteiger charge is 2.13. The second-order valence-corrected chi connectivity index (χ2v) is 3.15. The molecule has 0 spiro atoms. The second kappa shape index (κ2) is 4.99. The molecular weight excluding hydrogens is 206 g/mol. The first-order valence-corrected chi connectivity index (χ1v) is 4.59. The Hall–Kier alpha value is -2.28. The molecule has 1 aromatic rings. The number of allylic oxidation sites excluding steroid dienone is 1. The van der Waals surface area contributed by atoms with Crippen LogP contribution in [0.3, 0.4) is 0 Å². The maximum absolute atomic E-state index is 11.3. The molecule has 1 N–H and O–H groups in total. The van der Waals surface area contributed by atoms with E-state index in [1.165, 1.54) is 19.2 Å². The van der Waals surface area contributed by atoms with E-state index in [9.17, 15) is 4.79 Å². The van der Waals surface area contributed by atoms with Crippen LogP contribution in [0.5, 0.6) is 5.75 Å². The van der Waals surface area contributed by atoms with Crippen molar-refractivity contribution in [2.24, 2.45) is 0 Å². The molecule has 0 unspecified atom stereocenters. The number of nitrogens with zero attached hydrogens (tertiary/aromatic N) is 1. The Morgan fingerprint density at radius 2 is 1.94 bits per heavy atom. The van der Waals surface area contributed by atoms with Crippen LogP contribution in [0.25, 0.3) is 5.57 Å². The predicted molar refractivity (Wildman–Crippen MR) is 58.3 cm³/mol. The van der Waals surface area contributed by atoms with Crippen LogP contribution in [0.2, 0.25) is 0 Å². The topological polar surface area (TPSA) is 70.3 Å². The lowest BCUT2D eigenvalue weighted by molar-refractivity contribution is -0.135. The smallest absolute Gasteiger partial charge is 0.348 e. The van der Waals surface area contributed by atoms with Gasteiger partial charge in [0.15, 0.2) is 0 Å². The van der Waals surface area contributed by atoms with Gasteiger partial charge in [-0.3, -0.25) is 0 Å². The largest absolute Gasteiger partial charge is 0.508 e. The summed E-state index contributed by atoms with van der Waals surface area (Å²) in [6.07, 6.45) is 0. The minimum absolute atomic E-state index is 0.0341. The first-order chi connectivity index (χ1) is 7.60. The van der Waals surface area contributed by atoms with Gasteiger partial charge in [-0.1, -0.05) is 12.1 Å². The van der Waals surface area contributed by atoms with Crippen molar-refractivity contribution >= 4 is 11.5 Å². The molecule has 4 nitrogen and oxygen atoms in total. The zero-order chi connectivity index (χ0) is 12.1. The number of esters is 1. The number of nitriles is 1. The van der Waals surface area contributed by atoms with Gasteiger partial charge in [-0.2, -0.15) is 5.26 Å². The summed E-state index contributed by atoms with van der Waals surface area (Å²) >= 11 is 0. The van der Waals surface area contributed by atoms with Crippen LogP contribution in [0.4, 0.5) is 0 Å². The molecule has 0 fully saturated rings. The fraction of sp³-hybridized carbons (Fsp3) is 0.167. The van der Waals surface area contributed by atoms with E-state index < -0.39 is 5.97 Å². The molecule has 0 saturated heterocycles. The molecule has 0 radical (unpaired) electrons. The Kier molecular flexibility index (Phi) is 3.67. The summed E-state index contributed by atoms with van der Waals surface area (Å²) in [5, 5.41) is 18.0. The molecule has 4 heteroatoms. The number of phenolic OH excluding ortho intramolecular Hbond substituents is 1. The Balaban J connectivity index is 3.21. The highest BCUT2D eigenvalue weighted by atomic mass is 16.5. The zero-order valence-corrected chi connectivity index (χ0v) is 9.02. The molecule has 82 valence electrons. The van der Waals surface area contributed by atoms with E-state index in [1.807, 2.05) is 6.07 Å². The Labute approximate surface area is 93.4 Å². The molecular formula is C12H11NO3. The molecule has 0 amide bonds. The van der Waals surface area contributed by atoms with Gasteiger partial charge in [-0.05, 0) is 30.2 Å². The third kappa shape index (κ3) is 2.39. The lowest BCUT2D eigenvalue weighted by atomic mass is 10.0. The lowest BCUT2D eigenvalue weighted by Gasteiger charge is -2.04. The number of phenols is 1. The molecule has 0 atom stereocenters. The number of benzene rings is 1. The van der Waals surface area contributed by atoms with Crippen molar-refractivity contribution < 1.29 is 14.6 Å². The molecule has 0 aromatic heterocycles. The van der Waals surface area contributed by atoms with E-state index in [0.29, 0.717) is 11.1 Å². The number of rotatable bonds is 2. The number of carbonyl (C=O) groups excluding carboxylic acids is 1. The fourth-order valence-corrected chi connectivity index (χ4v) is 1.24. The Bertz CT molecular complexity index is 466. The van der Waals surface area contributed by atoms with Crippen LogP contribution in [-0.4, -0.2) is 18.2 Å². The van der Waals surface area contributed by atoms with Gasteiger partial charge in [0.2, 0.25) is 0 Å². The van der Waals surface area contributed by atoms with Gasteiger partial charge in [0.1, 0.15) is 17.4 Å². The minimum Gasteiger partial charge on any atom is -0.508 e. The van der Waals surface area contributed by atoms with Gasteiger partial charge in [-0.25, -0.2) is 4.79 Å². The van der Waals surface area contributed by atoms with E-state index in [0.717, 1.165) is 0 Å². The van der Waals surface area contributed by atoms with Crippen molar-refractivity contribution in [3.8, 4) is 11.8 Å². The Morgan fingerprint density at radius 1 is 1.38 bits per heavy atom. The number of carbonyl (C=O) groups is 1. The zero-order valence-electron chi connectivity index (χ0n) is 9.02. The SMILES string of the molecule is COC(=O)/C(C#N)=C(/C)c1ccc(O)cc1. The van der Waals surface area contributed by atoms with Gasteiger partial charge < -0.3 is 9.84 Å². The molecule has 1 aromatic carbocycles. The number of ether oxygens (including phenoxy) is 1. The van der Waals surface area contributed by atoms with E-state index in [2.05, 4.69) is 4.74 Å². The number of hydrogen-bond acceptors (Lipinski definition) is 4. The van der Waals surface area contributed by atoms with Crippen LogP contribution in [0, 0.1) is 11.3 Å². The quantitative estimate of drug-likeness (QED) is 0.466. The molecule has 0 aliphatic heterocycles. The first kappa shape index (κ1) is 11.8. The monoisotopic (exact) mass is 217 g/mol. The van der Waals surface area contributed by atoms with Crippen molar-refractivity contribution in [2.75, 3.05) is 7.11 Å². The van der Waals surface area contributed by atoms with Crippen LogP contribution in [0.15, 0.2) is 29.8 Å². The van der Waals surface area contributed by atoms with E-state index in [4.69, 9.17) is 10.4 Å². The van der Waals surface area contributed by atoms with Crippen molar-refractivity contribution in [2.45, 2.75) is 6.92 Å². The summed E-state index contributed by atoms with van der Waals surface area (Å²) in [6.45, 7) is 1.65. The second-order valence-electron chi connectivity index (χ2n) is 3.15. The van der Waals surface area contributed by atoms with Crippen molar-refractivity contribution in [1.29, 1.82) is 5.26 Å². The highest BCUT2D eigenvalue weighted by Crippen LogP contribution is 2.21. The third-order valence-electron chi connectivity index (χ3n) is 2.18. The average molecular weight is 217 g/mol. The van der Waals surface area contributed by atoms with E-state index >= 15 is 0 Å².